The van der Waals surface area contributed by atoms with Crippen LogP contribution in [0.5, 0.6) is 5.75 Å². The van der Waals surface area contributed by atoms with Crippen LogP contribution in [0.2, 0.25) is 0 Å². The molecule has 32 heavy (non-hydrogen) atoms. The number of imidazole rings is 1. The molecule has 5 rings (SSSR count). The summed E-state index contributed by atoms with van der Waals surface area (Å²) >= 11 is 0. The molecule has 0 saturated heterocycles. The van der Waals surface area contributed by atoms with E-state index in [1.54, 1.807) is 11.7 Å². The summed E-state index contributed by atoms with van der Waals surface area (Å²) in [6.45, 7) is 0.0138. The molecule has 0 unspecified atom stereocenters. The second kappa shape index (κ2) is 8.03. The molecular formula is C25H20N4O3. The molecule has 0 radical (unpaired) electrons. The Balaban J connectivity index is 1.65. The molecule has 7 nitrogen and oxygen atoms in total. The minimum atomic E-state index is -0.216. The van der Waals surface area contributed by atoms with Crippen molar-refractivity contribution in [2.24, 2.45) is 0 Å². The van der Waals surface area contributed by atoms with Gasteiger partial charge in [-0.2, -0.15) is 0 Å². The van der Waals surface area contributed by atoms with Gasteiger partial charge in [0.1, 0.15) is 12.3 Å². The van der Waals surface area contributed by atoms with Crippen LogP contribution in [-0.2, 0) is 11.3 Å². The van der Waals surface area contributed by atoms with Crippen LogP contribution in [0.4, 0.5) is 5.69 Å². The van der Waals surface area contributed by atoms with Crippen LogP contribution in [0, 0.1) is 0 Å². The average molecular weight is 424 g/mol. The predicted molar refractivity (Wildman–Crippen MR) is 124 cm³/mol. The van der Waals surface area contributed by atoms with Crippen LogP contribution >= 0.6 is 0 Å². The number of carbonyl (C=O) groups excluding carboxylic acids is 1. The third kappa shape index (κ3) is 3.50. The van der Waals surface area contributed by atoms with Gasteiger partial charge in [-0.25, -0.2) is 9.38 Å². The first-order chi connectivity index (χ1) is 15.6. The molecule has 7 heteroatoms. The number of para-hydroxylation sites is 3. The molecule has 5 aromatic rings. The van der Waals surface area contributed by atoms with E-state index in [4.69, 9.17) is 9.72 Å². The zero-order valence-electron chi connectivity index (χ0n) is 17.4. The van der Waals surface area contributed by atoms with Gasteiger partial charge in [0.2, 0.25) is 11.7 Å². The maximum atomic E-state index is 13.1. The molecule has 2 heterocycles. The number of hydrogen-bond acceptors (Lipinski definition) is 4. The Morgan fingerprint density at radius 2 is 1.69 bits per heavy atom. The minimum Gasteiger partial charge on any atom is -0.497 e. The van der Waals surface area contributed by atoms with Gasteiger partial charge < -0.3 is 14.6 Å². The van der Waals surface area contributed by atoms with Crippen molar-refractivity contribution in [2.45, 2.75) is 6.54 Å². The maximum Gasteiger partial charge on any atom is 0.260 e. The Hall–Kier alpha value is -4.39. The fourth-order valence-corrected chi connectivity index (χ4v) is 3.82. The lowest BCUT2D eigenvalue weighted by Gasteiger charge is -2.09. The highest BCUT2D eigenvalue weighted by Gasteiger charge is 2.17. The van der Waals surface area contributed by atoms with Gasteiger partial charge in [-0.05, 0) is 36.4 Å². The van der Waals surface area contributed by atoms with Crippen molar-refractivity contribution in [3.63, 3.8) is 0 Å². The standard InChI is InChI=1S/C25H20N4O3/c1-32-19-11-7-8-17(14-19)20-15-24(31)29-22-13-6-5-12-21(22)28(25(29)27-20)16-23(30)26-18-9-3-2-4-10-18/h2-15H,16H2,1H3,(H,26,30). The van der Waals surface area contributed by atoms with E-state index >= 15 is 0 Å². The fourth-order valence-electron chi connectivity index (χ4n) is 3.82. The summed E-state index contributed by atoms with van der Waals surface area (Å²) in [6.07, 6.45) is 0. The molecule has 0 aliphatic rings. The van der Waals surface area contributed by atoms with Crippen LogP contribution in [0.3, 0.4) is 0 Å². The lowest BCUT2D eigenvalue weighted by atomic mass is 10.1. The van der Waals surface area contributed by atoms with Crippen molar-refractivity contribution in [2.75, 3.05) is 12.4 Å². The number of aromatic nitrogens is 3. The van der Waals surface area contributed by atoms with E-state index in [9.17, 15) is 9.59 Å². The SMILES string of the molecule is COc1cccc(-c2cc(=O)n3c4ccccc4n(CC(=O)Nc4ccccc4)c3n2)c1. The first-order valence-electron chi connectivity index (χ1n) is 10.1. The molecule has 0 aliphatic heterocycles. The maximum absolute atomic E-state index is 13.1. The van der Waals surface area contributed by atoms with E-state index in [1.807, 2.05) is 78.9 Å². The highest BCUT2D eigenvalue weighted by atomic mass is 16.5. The van der Waals surface area contributed by atoms with Gasteiger partial charge in [0.25, 0.3) is 5.56 Å². The topological polar surface area (TPSA) is 77.6 Å². The summed E-state index contributed by atoms with van der Waals surface area (Å²) in [5.74, 6) is 0.868. The largest absolute Gasteiger partial charge is 0.497 e. The van der Waals surface area contributed by atoms with Crippen molar-refractivity contribution < 1.29 is 9.53 Å². The summed E-state index contributed by atoms with van der Waals surface area (Å²) in [5, 5.41) is 2.89. The van der Waals surface area contributed by atoms with Gasteiger partial charge in [0.15, 0.2) is 0 Å². The number of nitrogens with one attached hydrogen (secondary N) is 1. The van der Waals surface area contributed by atoms with Crippen molar-refractivity contribution >= 4 is 28.4 Å². The van der Waals surface area contributed by atoms with Crippen molar-refractivity contribution in [3.05, 3.63) is 95.3 Å². The molecule has 0 bridgehead atoms. The molecule has 0 atom stereocenters. The zero-order chi connectivity index (χ0) is 22.1. The smallest absolute Gasteiger partial charge is 0.260 e. The van der Waals surface area contributed by atoms with Gasteiger partial charge in [0.05, 0.1) is 23.8 Å². The van der Waals surface area contributed by atoms with Gasteiger partial charge in [-0.1, -0.05) is 42.5 Å². The summed E-state index contributed by atoms with van der Waals surface area (Å²) in [4.78, 5) is 30.7. The number of carbonyl (C=O) groups is 1. The van der Waals surface area contributed by atoms with Crippen molar-refractivity contribution in [3.8, 4) is 17.0 Å². The average Bonchev–Trinajstić information content (AvgIpc) is 3.13. The number of anilines is 1. The number of nitrogens with zero attached hydrogens (tertiary/aromatic N) is 3. The molecule has 0 aliphatic carbocycles. The van der Waals surface area contributed by atoms with Crippen molar-refractivity contribution in [1.82, 2.24) is 14.0 Å². The van der Waals surface area contributed by atoms with E-state index in [2.05, 4.69) is 5.32 Å². The van der Waals surface area contributed by atoms with Crippen LogP contribution < -0.4 is 15.6 Å². The first kappa shape index (κ1) is 19.6. The second-order valence-corrected chi connectivity index (χ2v) is 7.34. The summed E-state index contributed by atoms with van der Waals surface area (Å²) < 4.78 is 8.60. The number of methoxy groups -OCH3 is 1. The van der Waals surface area contributed by atoms with Crippen LogP contribution in [0.1, 0.15) is 0 Å². The summed E-state index contributed by atoms with van der Waals surface area (Å²) in [5.41, 5.74) is 3.22. The fraction of sp³-hybridized carbons (Fsp3) is 0.0800. The second-order valence-electron chi connectivity index (χ2n) is 7.34. The monoisotopic (exact) mass is 424 g/mol. The molecule has 158 valence electrons. The molecule has 0 saturated carbocycles. The number of ether oxygens (including phenoxy) is 1. The van der Waals surface area contributed by atoms with Gasteiger partial charge in [0, 0.05) is 17.3 Å². The lowest BCUT2D eigenvalue weighted by molar-refractivity contribution is -0.116. The normalized spacial score (nSPS) is 11.0. The summed E-state index contributed by atoms with van der Waals surface area (Å²) in [7, 11) is 1.59. The lowest BCUT2D eigenvalue weighted by Crippen LogP contribution is -2.20. The molecule has 2 aromatic heterocycles. The highest BCUT2D eigenvalue weighted by Crippen LogP contribution is 2.24. The van der Waals surface area contributed by atoms with Crippen LogP contribution in [0.25, 0.3) is 28.1 Å². The minimum absolute atomic E-state index is 0.0138. The number of amides is 1. The van der Waals surface area contributed by atoms with Crippen LogP contribution in [-0.4, -0.2) is 27.0 Å². The Morgan fingerprint density at radius 3 is 2.47 bits per heavy atom. The number of rotatable bonds is 5. The van der Waals surface area contributed by atoms with E-state index in [0.717, 1.165) is 11.1 Å². The molecular weight excluding hydrogens is 404 g/mol. The molecule has 1 amide bonds. The number of benzene rings is 3. The first-order valence-corrected chi connectivity index (χ1v) is 10.1. The Labute approximate surface area is 183 Å². The summed E-state index contributed by atoms with van der Waals surface area (Å²) in [6, 6.07) is 25.6. The van der Waals surface area contributed by atoms with Gasteiger partial charge >= 0.3 is 0 Å². The third-order valence-electron chi connectivity index (χ3n) is 5.28. The third-order valence-corrected chi connectivity index (χ3v) is 5.28. The molecule has 0 spiro atoms. The Bertz CT molecular complexity index is 1500. The van der Waals surface area contributed by atoms with Crippen molar-refractivity contribution in [1.29, 1.82) is 0 Å². The van der Waals surface area contributed by atoms with Crippen LogP contribution in [0.15, 0.2) is 89.7 Å². The van der Waals surface area contributed by atoms with Gasteiger partial charge in [-0.3, -0.25) is 9.59 Å². The quantitative estimate of drug-likeness (QED) is 0.463. The molecule has 3 aromatic carbocycles. The zero-order valence-corrected chi connectivity index (χ0v) is 17.4. The predicted octanol–water partition coefficient (Wildman–Crippen LogP) is 3.96. The van der Waals surface area contributed by atoms with Gasteiger partial charge in [-0.15, -0.1) is 0 Å². The highest BCUT2D eigenvalue weighted by molar-refractivity contribution is 5.92. The Kier molecular flexibility index (Phi) is 4.91. The number of hydrogen-bond donors (Lipinski definition) is 1. The van der Waals surface area contributed by atoms with E-state index < -0.39 is 0 Å². The van der Waals surface area contributed by atoms with E-state index in [1.165, 1.54) is 10.5 Å². The van der Waals surface area contributed by atoms with E-state index in [0.29, 0.717) is 28.4 Å². The Morgan fingerprint density at radius 1 is 0.938 bits per heavy atom. The molecule has 0 fully saturated rings. The molecule has 1 N–H and O–H groups in total. The van der Waals surface area contributed by atoms with E-state index in [-0.39, 0.29) is 18.0 Å². The number of fused-ring (bicyclic) bond motifs is 3.